The molecule has 41 heavy (non-hydrogen) atoms. The van der Waals surface area contributed by atoms with Gasteiger partial charge in [0.2, 0.25) is 5.91 Å². The summed E-state index contributed by atoms with van der Waals surface area (Å²) in [6.45, 7) is 4.37. The molecule has 2 aromatic carbocycles. The van der Waals surface area contributed by atoms with Crippen molar-refractivity contribution >= 4 is 17.8 Å². The first-order valence-corrected chi connectivity index (χ1v) is 12.6. The van der Waals surface area contributed by atoms with Gasteiger partial charge in [0.15, 0.2) is 12.6 Å². The van der Waals surface area contributed by atoms with Crippen molar-refractivity contribution in [1.29, 1.82) is 0 Å². The van der Waals surface area contributed by atoms with Crippen molar-refractivity contribution < 1.29 is 53.4 Å². The van der Waals surface area contributed by atoms with Crippen molar-refractivity contribution in [3.05, 3.63) is 77.4 Å². The largest absolute Gasteiger partial charge is 0.507 e. The summed E-state index contributed by atoms with van der Waals surface area (Å²) in [6.07, 6.45) is -4.23. The van der Waals surface area contributed by atoms with Gasteiger partial charge in [0, 0.05) is 18.1 Å². The number of amides is 1. The number of hydrogen-bond donors (Lipinski definition) is 4. The van der Waals surface area contributed by atoms with Gasteiger partial charge in [-0.25, -0.2) is 9.59 Å². The van der Waals surface area contributed by atoms with Gasteiger partial charge in [0.1, 0.15) is 42.3 Å². The number of aromatic carboxylic acids is 1. The maximum atomic E-state index is 12.2. The molecule has 2 heterocycles. The van der Waals surface area contributed by atoms with E-state index in [0.29, 0.717) is 5.56 Å². The fraction of sp³-hybridized carbons (Fsp3) is 0.345. The zero-order valence-corrected chi connectivity index (χ0v) is 22.0. The number of aromatic hydroxyl groups is 1. The van der Waals surface area contributed by atoms with Crippen LogP contribution in [-0.4, -0.2) is 83.6 Å². The van der Waals surface area contributed by atoms with E-state index in [1.807, 2.05) is 30.3 Å². The van der Waals surface area contributed by atoms with Crippen molar-refractivity contribution in [3.8, 4) is 17.6 Å². The van der Waals surface area contributed by atoms with Crippen LogP contribution >= 0.6 is 0 Å². The molecule has 2 aliphatic rings. The highest BCUT2D eigenvalue weighted by molar-refractivity contribution is 5.91. The highest BCUT2D eigenvalue weighted by Gasteiger charge is 2.51. The average Bonchev–Trinajstić information content (AvgIpc) is 2.95. The predicted octanol–water partition coefficient (Wildman–Crippen LogP) is 1.83. The number of ether oxygens (including phenoxy) is 5. The molecule has 12 nitrogen and oxygen atoms in total. The van der Waals surface area contributed by atoms with Gasteiger partial charge in [-0.1, -0.05) is 48.8 Å². The number of nitrogens with one attached hydrogen (secondary N) is 1. The molecule has 6 atom stereocenters. The van der Waals surface area contributed by atoms with E-state index in [4.69, 9.17) is 23.7 Å². The second kappa shape index (κ2) is 13.4. The maximum absolute atomic E-state index is 12.2. The van der Waals surface area contributed by atoms with Gasteiger partial charge in [-0.05, 0) is 18.2 Å². The van der Waals surface area contributed by atoms with Crippen LogP contribution in [-0.2, 0) is 33.3 Å². The van der Waals surface area contributed by atoms with Crippen LogP contribution in [0.5, 0.6) is 5.75 Å². The van der Waals surface area contributed by atoms with Gasteiger partial charge >= 0.3 is 11.9 Å². The lowest BCUT2D eigenvalue weighted by Gasteiger charge is -2.49. The second-order valence-corrected chi connectivity index (χ2v) is 9.28. The van der Waals surface area contributed by atoms with E-state index in [-0.39, 0.29) is 36.7 Å². The molecule has 0 bridgehead atoms. The first-order valence-electron chi connectivity index (χ1n) is 12.6. The fourth-order valence-electron chi connectivity index (χ4n) is 4.39. The summed E-state index contributed by atoms with van der Waals surface area (Å²) in [7, 11) is 0. The summed E-state index contributed by atoms with van der Waals surface area (Å²) in [6, 6.07) is 12.2. The lowest BCUT2D eigenvalue weighted by Crippen LogP contribution is -2.67. The Morgan fingerprint density at radius 2 is 1.85 bits per heavy atom. The fourth-order valence-corrected chi connectivity index (χ4v) is 4.39. The van der Waals surface area contributed by atoms with Crippen LogP contribution in [0.1, 0.15) is 34.7 Å². The van der Waals surface area contributed by atoms with E-state index < -0.39 is 54.8 Å². The molecule has 12 heteroatoms. The van der Waals surface area contributed by atoms with Gasteiger partial charge in [-0.2, -0.15) is 0 Å². The van der Waals surface area contributed by atoms with E-state index in [1.54, 1.807) is 0 Å². The van der Waals surface area contributed by atoms with Crippen LogP contribution < -0.4 is 5.32 Å². The van der Waals surface area contributed by atoms with Crippen molar-refractivity contribution in [2.24, 2.45) is 0 Å². The van der Waals surface area contributed by atoms with E-state index >= 15 is 0 Å². The third kappa shape index (κ3) is 7.49. The average molecular weight is 568 g/mol. The summed E-state index contributed by atoms with van der Waals surface area (Å²) < 4.78 is 30.0. The Morgan fingerprint density at radius 3 is 2.54 bits per heavy atom. The lowest BCUT2D eigenvalue weighted by atomic mass is 9.95. The monoisotopic (exact) mass is 567 g/mol. The van der Waals surface area contributed by atoms with E-state index in [9.17, 15) is 29.7 Å². The molecule has 0 spiro atoms. The summed E-state index contributed by atoms with van der Waals surface area (Å²) >= 11 is 0. The van der Waals surface area contributed by atoms with Gasteiger partial charge in [0.05, 0.1) is 18.8 Å². The first-order chi connectivity index (χ1) is 19.6. The number of carbonyl (C=O) groups excluding carboxylic acids is 1. The molecule has 216 valence electrons. The van der Waals surface area contributed by atoms with Crippen LogP contribution in [0.15, 0.2) is 60.7 Å². The number of carboxylic acid groups (broad SMARTS) is 2. The molecule has 2 aliphatic heterocycles. The Kier molecular flexibility index (Phi) is 9.72. The molecule has 0 saturated carbocycles. The highest BCUT2D eigenvalue weighted by atomic mass is 16.7. The topological polar surface area (TPSA) is 170 Å². The zero-order chi connectivity index (χ0) is 29.5. The molecule has 4 N–H and O–H groups in total. The summed E-state index contributed by atoms with van der Waals surface area (Å²) in [4.78, 5) is 34.8. The second-order valence-electron chi connectivity index (χ2n) is 9.28. The minimum atomic E-state index is -1.30. The molecular formula is C29H29NO11. The number of carbonyl (C=O) groups is 3. The molecule has 2 aromatic rings. The number of fused-ring (bicyclic) bond motifs is 1. The van der Waals surface area contributed by atoms with Crippen LogP contribution in [0, 0.1) is 11.8 Å². The Balaban J connectivity index is 1.54. The van der Waals surface area contributed by atoms with Crippen molar-refractivity contribution in [1.82, 2.24) is 5.32 Å². The van der Waals surface area contributed by atoms with Crippen LogP contribution in [0.4, 0.5) is 0 Å². The van der Waals surface area contributed by atoms with Gasteiger partial charge in [0.25, 0.3) is 0 Å². The number of hydrogen-bond acceptors (Lipinski definition) is 9. The van der Waals surface area contributed by atoms with Crippen molar-refractivity contribution in [2.75, 3.05) is 19.8 Å². The number of benzene rings is 2. The molecule has 0 radical (unpaired) electrons. The molecule has 0 aliphatic carbocycles. The molecule has 0 aromatic heterocycles. The molecule has 2 fully saturated rings. The van der Waals surface area contributed by atoms with E-state index in [0.717, 1.165) is 5.56 Å². The minimum Gasteiger partial charge on any atom is -0.507 e. The SMILES string of the molecule is C=C(CO[C@H]1[C@H](NC(C)=O)[C@H](OCC#Cc2ccc(O)c(C(=O)O)c2)O[C@H]2CO[C@H](c3ccccc3)O[C@@H]12)C(=O)O. The molecule has 2 saturated heterocycles. The zero-order valence-electron chi connectivity index (χ0n) is 22.0. The van der Waals surface area contributed by atoms with E-state index in [1.165, 1.54) is 25.1 Å². The van der Waals surface area contributed by atoms with Gasteiger partial charge in [-0.3, -0.25) is 4.79 Å². The number of phenols is 1. The normalized spacial score (nSPS) is 25.2. The Bertz CT molecular complexity index is 1350. The van der Waals surface area contributed by atoms with Gasteiger partial charge < -0.3 is 44.3 Å². The Labute approximate surface area is 235 Å². The summed E-state index contributed by atoms with van der Waals surface area (Å²) in [5.74, 6) is 2.18. The Morgan fingerprint density at radius 1 is 1.10 bits per heavy atom. The minimum absolute atomic E-state index is 0.0910. The molecule has 1 amide bonds. The molecule has 4 rings (SSSR count). The predicted molar refractivity (Wildman–Crippen MR) is 141 cm³/mol. The van der Waals surface area contributed by atoms with Crippen molar-refractivity contribution in [3.63, 3.8) is 0 Å². The smallest absolute Gasteiger partial charge is 0.339 e. The van der Waals surface area contributed by atoms with E-state index in [2.05, 4.69) is 23.7 Å². The Hall–Kier alpha value is -4.25. The molecular weight excluding hydrogens is 538 g/mol. The highest BCUT2D eigenvalue weighted by Crippen LogP contribution is 2.36. The van der Waals surface area contributed by atoms with Crippen LogP contribution in [0.3, 0.4) is 0 Å². The molecule has 0 unspecified atom stereocenters. The summed E-state index contributed by atoms with van der Waals surface area (Å²) in [5, 5.41) is 30.9. The van der Waals surface area contributed by atoms with Crippen LogP contribution in [0.25, 0.3) is 0 Å². The quantitative estimate of drug-likeness (QED) is 0.257. The lowest BCUT2D eigenvalue weighted by molar-refractivity contribution is -0.346. The summed E-state index contributed by atoms with van der Waals surface area (Å²) in [5.41, 5.74) is 0.601. The maximum Gasteiger partial charge on any atom is 0.339 e. The third-order valence-electron chi connectivity index (χ3n) is 6.31. The van der Waals surface area contributed by atoms with Crippen molar-refractivity contribution in [2.45, 2.75) is 43.9 Å². The van der Waals surface area contributed by atoms with Crippen LogP contribution in [0.2, 0.25) is 0 Å². The number of rotatable bonds is 9. The third-order valence-corrected chi connectivity index (χ3v) is 6.31. The number of carboxylic acids is 2. The standard InChI is InChI=1S/C29H29NO11/c1-16(26(33)34)14-38-25-23(30-17(2)31)29(37-12-6-7-18-10-11-21(32)20(13-18)27(35)36)40-22-15-39-28(41-24(22)25)19-8-4-3-5-9-19/h3-5,8-11,13,22-25,28-29,32H,1,12,14-15H2,2H3,(H,30,31)(H,33,34)(H,35,36)/t22-,23-,24+,25-,28-,29+/m0/s1. The first kappa shape index (κ1) is 29.7. The number of aliphatic carboxylic acids is 1. The van der Waals surface area contributed by atoms with Gasteiger partial charge in [-0.15, -0.1) is 0 Å².